The zero-order valence-electron chi connectivity index (χ0n) is 11.9. The Morgan fingerprint density at radius 1 is 1.42 bits per heavy atom. The quantitative estimate of drug-likeness (QED) is 0.726. The van der Waals surface area contributed by atoms with Gasteiger partial charge in [-0.2, -0.15) is 0 Å². The van der Waals surface area contributed by atoms with Crippen molar-refractivity contribution >= 4 is 5.91 Å². The number of benzene rings is 1. The third kappa shape index (κ3) is 3.78. The average Bonchev–Trinajstić information content (AvgIpc) is 2.46. The number of nitrogens with two attached hydrogens (primary N) is 1. The van der Waals surface area contributed by atoms with Crippen molar-refractivity contribution in [1.82, 2.24) is 5.32 Å². The largest absolute Gasteiger partial charge is 0.394 e. The highest BCUT2D eigenvalue weighted by Gasteiger charge is 2.30. The van der Waals surface area contributed by atoms with Crippen molar-refractivity contribution in [3.8, 4) is 0 Å². The lowest BCUT2D eigenvalue weighted by Crippen LogP contribution is -2.53. The molecular formula is C15H24N2O2. The van der Waals surface area contributed by atoms with Crippen LogP contribution in [0.3, 0.4) is 0 Å². The molecule has 1 aromatic rings. The molecule has 0 aliphatic rings. The molecule has 4 N–H and O–H groups in total. The van der Waals surface area contributed by atoms with Crippen LogP contribution < -0.4 is 11.1 Å². The van der Waals surface area contributed by atoms with Crippen LogP contribution in [-0.2, 0) is 10.3 Å². The first-order chi connectivity index (χ1) is 8.94. The van der Waals surface area contributed by atoms with Crippen LogP contribution in [0.5, 0.6) is 0 Å². The lowest BCUT2D eigenvalue weighted by Gasteiger charge is -2.31. The normalized spacial score (nSPS) is 17.3. The number of rotatable bonds is 6. The fourth-order valence-corrected chi connectivity index (χ4v) is 1.88. The van der Waals surface area contributed by atoms with E-state index in [4.69, 9.17) is 5.73 Å². The summed E-state index contributed by atoms with van der Waals surface area (Å²) >= 11 is 0. The zero-order chi connectivity index (χ0) is 14.5. The van der Waals surface area contributed by atoms with Crippen molar-refractivity contribution in [3.63, 3.8) is 0 Å². The lowest BCUT2D eigenvalue weighted by atomic mass is 9.91. The van der Waals surface area contributed by atoms with Crippen LogP contribution in [-0.4, -0.2) is 23.7 Å². The van der Waals surface area contributed by atoms with Crippen LogP contribution >= 0.6 is 0 Å². The maximum Gasteiger partial charge on any atom is 0.237 e. The minimum absolute atomic E-state index is 0.110. The van der Waals surface area contributed by atoms with Gasteiger partial charge in [-0.25, -0.2) is 0 Å². The molecule has 1 aromatic carbocycles. The summed E-state index contributed by atoms with van der Waals surface area (Å²) in [7, 11) is 0. The lowest BCUT2D eigenvalue weighted by molar-refractivity contribution is -0.125. The van der Waals surface area contributed by atoms with E-state index in [-0.39, 0.29) is 18.4 Å². The molecule has 0 spiro atoms. The first kappa shape index (κ1) is 15.7. The predicted octanol–water partition coefficient (Wildman–Crippen LogP) is 1.38. The summed E-state index contributed by atoms with van der Waals surface area (Å²) in [5.74, 6) is -0.117. The van der Waals surface area contributed by atoms with Crippen molar-refractivity contribution in [2.75, 3.05) is 6.61 Å². The third-order valence-corrected chi connectivity index (χ3v) is 3.69. The average molecular weight is 264 g/mol. The van der Waals surface area contributed by atoms with Gasteiger partial charge in [-0.3, -0.25) is 4.79 Å². The molecule has 0 bridgehead atoms. The molecule has 19 heavy (non-hydrogen) atoms. The maximum absolute atomic E-state index is 12.1. The Bertz CT molecular complexity index is 408. The summed E-state index contributed by atoms with van der Waals surface area (Å²) in [6.45, 7) is 5.57. The Labute approximate surface area is 115 Å². The number of carbonyl (C=O) groups excluding carboxylic acids is 1. The van der Waals surface area contributed by atoms with Gasteiger partial charge in [0, 0.05) is 0 Å². The minimum Gasteiger partial charge on any atom is -0.394 e. The number of aliphatic hydroxyl groups excluding tert-OH is 1. The van der Waals surface area contributed by atoms with Gasteiger partial charge in [-0.15, -0.1) is 0 Å². The van der Waals surface area contributed by atoms with E-state index in [1.165, 1.54) is 0 Å². The number of amides is 1. The number of hydrogen-bond donors (Lipinski definition) is 3. The Morgan fingerprint density at radius 2 is 2.00 bits per heavy atom. The van der Waals surface area contributed by atoms with Gasteiger partial charge in [0.15, 0.2) is 0 Å². The molecule has 4 heteroatoms. The van der Waals surface area contributed by atoms with E-state index in [1.807, 2.05) is 44.2 Å². The molecular weight excluding hydrogens is 240 g/mol. The highest BCUT2D eigenvalue weighted by atomic mass is 16.3. The Morgan fingerprint density at radius 3 is 2.47 bits per heavy atom. The summed E-state index contributed by atoms with van der Waals surface area (Å²) in [5, 5.41) is 12.5. The van der Waals surface area contributed by atoms with Crippen LogP contribution in [0, 0.1) is 5.92 Å². The van der Waals surface area contributed by atoms with E-state index in [0.717, 1.165) is 12.0 Å². The first-order valence-electron chi connectivity index (χ1n) is 6.68. The van der Waals surface area contributed by atoms with Crippen LogP contribution in [0.4, 0.5) is 0 Å². The molecule has 0 heterocycles. The first-order valence-corrected chi connectivity index (χ1v) is 6.68. The number of carbonyl (C=O) groups is 1. The van der Waals surface area contributed by atoms with Gasteiger partial charge in [0.2, 0.25) is 5.91 Å². The standard InChI is InChI=1S/C15H24N2O2/c1-4-11(2)13(16)14(19)17-15(3,10-18)12-8-6-5-7-9-12/h5-9,11,13,18H,4,10,16H2,1-3H3,(H,17,19)/t11-,13-,15?/m0/s1. The predicted molar refractivity (Wildman–Crippen MR) is 76.5 cm³/mol. The van der Waals surface area contributed by atoms with E-state index in [9.17, 15) is 9.90 Å². The smallest absolute Gasteiger partial charge is 0.237 e. The molecule has 1 rings (SSSR count). The second-order valence-electron chi connectivity index (χ2n) is 5.26. The molecule has 3 atom stereocenters. The second-order valence-corrected chi connectivity index (χ2v) is 5.26. The van der Waals surface area contributed by atoms with E-state index in [1.54, 1.807) is 6.92 Å². The van der Waals surface area contributed by atoms with Gasteiger partial charge in [0.1, 0.15) is 0 Å². The fraction of sp³-hybridized carbons (Fsp3) is 0.533. The summed E-state index contributed by atoms with van der Waals surface area (Å²) in [6.07, 6.45) is 0.843. The van der Waals surface area contributed by atoms with Gasteiger partial charge in [-0.05, 0) is 18.4 Å². The highest BCUT2D eigenvalue weighted by molar-refractivity contribution is 5.82. The Hall–Kier alpha value is -1.39. The third-order valence-electron chi connectivity index (χ3n) is 3.69. The molecule has 0 saturated carbocycles. The van der Waals surface area contributed by atoms with Crippen LogP contribution in [0.15, 0.2) is 30.3 Å². The molecule has 4 nitrogen and oxygen atoms in total. The number of hydrogen-bond acceptors (Lipinski definition) is 3. The van der Waals surface area contributed by atoms with Crippen molar-refractivity contribution < 1.29 is 9.90 Å². The molecule has 106 valence electrons. The van der Waals surface area contributed by atoms with E-state index >= 15 is 0 Å². The monoisotopic (exact) mass is 264 g/mol. The zero-order valence-corrected chi connectivity index (χ0v) is 11.9. The van der Waals surface area contributed by atoms with Gasteiger partial charge < -0.3 is 16.2 Å². The highest BCUT2D eigenvalue weighted by Crippen LogP contribution is 2.20. The SMILES string of the molecule is CC[C@H](C)[C@H](N)C(=O)NC(C)(CO)c1ccccc1. The van der Waals surface area contributed by atoms with Crippen molar-refractivity contribution in [1.29, 1.82) is 0 Å². The molecule has 0 radical (unpaired) electrons. The summed E-state index contributed by atoms with van der Waals surface area (Å²) < 4.78 is 0. The van der Waals surface area contributed by atoms with Crippen LogP contribution in [0.2, 0.25) is 0 Å². The molecule has 0 saturated heterocycles. The van der Waals surface area contributed by atoms with Gasteiger partial charge in [-0.1, -0.05) is 50.6 Å². The molecule has 0 fully saturated rings. The summed E-state index contributed by atoms with van der Waals surface area (Å²) in [4.78, 5) is 12.1. The molecule has 0 aromatic heterocycles. The van der Waals surface area contributed by atoms with E-state index in [2.05, 4.69) is 5.32 Å². The van der Waals surface area contributed by atoms with Gasteiger partial charge >= 0.3 is 0 Å². The van der Waals surface area contributed by atoms with Crippen LogP contribution in [0.1, 0.15) is 32.8 Å². The van der Waals surface area contributed by atoms with E-state index < -0.39 is 11.6 Å². The summed E-state index contributed by atoms with van der Waals surface area (Å²) in [6, 6.07) is 8.86. The van der Waals surface area contributed by atoms with Crippen molar-refractivity contribution in [2.45, 2.75) is 38.8 Å². The number of nitrogens with one attached hydrogen (secondary N) is 1. The van der Waals surface area contributed by atoms with Crippen molar-refractivity contribution in [2.24, 2.45) is 11.7 Å². The second kappa shape index (κ2) is 6.68. The van der Waals surface area contributed by atoms with Gasteiger partial charge in [0.25, 0.3) is 0 Å². The molecule has 1 amide bonds. The summed E-state index contributed by atoms with van der Waals surface area (Å²) in [5.41, 5.74) is 5.98. The minimum atomic E-state index is -0.802. The molecule has 1 unspecified atom stereocenters. The maximum atomic E-state index is 12.1. The van der Waals surface area contributed by atoms with E-state index in [0.29, 0.717) is 0 Å². The number of aliphatic hydroxyl groups is 1. The molecule has 0 aliphatic heterocycles. The fourth-order valence-electron chi connectivity index (χ4n) is 1.88. The Balaban J connectivity index is 2.85. The van der Waals surface area contributed by atoms with Crippen molar-refractivity contribution in [3.05, 3.63) is 35.9 Å². The molecule has 0 aliphatic carbocycles. The van der Waals surface area contributed by atoms with Gasteiger partial charge in [0.05, 0.1) is 18.2 Å². The Kier molecular flexibility index (Phi) is 5.51. The van der Waals surface area contributed by atoms with Crippen LogP contribution in [0.25, 0.3) is 0 Å². The topological polar surface area (TPSA) is 75.4 Å².